The number of amides is 1. The SMILES string of the molecule is C/C=C1/OC[C@H](CN2CCC(C)(NC(C)=O)CC2)O/C1=C/C. The molecule has 2 heterocycles. The van der Waals surface area contributed by atoms with Crippen LogP contribution < -0.4 is 5.32 Å². The third kappa shape index (κ3) is 4.26. The first-order chi connectivity index (χ1) is 10.5. The summed E-state index contributed by atoms with van der Waals surface area (Å²) in [5.74, 6) is 1.71. The van der Waals surface area contributed by atoms with Crippen molar-refractivity contribution in [2.75, 3.05) is 26.2 Å². The highest BCUT2D eigenvalue weighted by molar-refractivity contribution is 5.73. The van der Waals surface area contributed by atoms with Gasteiger partial charge in [0.05, 0.1) is 0 Å². The van der Waals surface area contributed by atoms with E-state index in [0.29, 0.717) is 6.61 Å². The van der Waals surface area contributed by atoms with Gasteiger partial charge in [0.15, 0.2) is 11.5 Å². The van der Waals surface area contributed by atoms with Crippen LogP contribution >= 0.6 is 0 Å². The second kappa shape index (κ2) is 7.18. The highest BCUT2D eigenvalue weighted by atomic mass is 16.6. The molecular formula is C17H28N2O3. The van der Waals surface area contributed by atoms with Crippen LogP contribution in [0.5, 0.6) is 0 Å². The molecule has 1 N–H and O–H groups in total. The van der Waals surface area contributed by atoms with Crippen molar-refractivity contribution in [3.63, 3.8) is 0 Å². The number of carbonyl (C=O) groups is 1. The van der Waals surface area contributed by atoms with Crippen molar-refractivity contribution >= 4 is 5.91 Å². The van der Waals surface area contributed by atoms with Crippen molar-refractivity contribution in [2.24, 2.45) is 0 Å². The van der Waals surface area contributed by atoms with E-state index in [-0.39, 0.29) is 17.6 Å². The van der Waals surface area contributed by atoms with Gasteiger partial charge in [0.25, 0.3) is 0 Å². The zero-order valence-electron chi connectivity index (χ0n) is 14.1. The van der Waals surface area contributed by atoms with E-state index in [4.69, 9.17) is 9.47 Å². The highest BCUT2D eigenvalue weighted by Gasteiger charge is 2.32. The van der Waals surface area contributed by atoms with Crippen LogP contribution in [-0.4, -0.2) is 48.7 Å². The smallest absolute Gasteiger partial charge is 0.217 e. The first kappa shape index (κ1) is 16.9. The lowest BCUT2D eigenvalue weighted by Crippen LogP contribution is -2.54. The predicted molar refractivity (Wildman–Crippen MR) is 86.2 cm³/mol. The molecular weight excluding hydrogens is 280 g/mol. The Morgan fingerprint density at radius 2 is 1.95 bits per heavy atom. The van der Waals surface area contributed by atoms with Gasteiger partial charge in [0.1, 0.15) is 12.7 Å². The number of nitrogens with one attached hydrogen (secondary N) is 1. The Morgan fingerprint density at radius 3 is 2.50 bits per heavy atom. The molecule has 1 atom stereocenters. The Kier molecular flexibility index (Phi) is 5.51. The maximum atomic E-state index is 11.3. The number of carbonyl (C=O) groups excluding carboxylic acids is 1. The molecule has 0 aromatic carbocycles. The van der Waals surface area contributed by atoms with E-state index in [1.807, 2.05) is 26.0 Å². The summed E-state index contributed by atoms with van der Waals surface area (Å²) in [5.41, 5.74) is -0.0706. The quantitative estimate of drug-likeness (QED) is 0.868. The van der Waals surface area contributed by atoms with E-state index >= 15 is 0 Å². The van der Waals surface area contributed by atoms with Crippen LogP contribution in [0.25, 0.3) is 0 Å². The molecule has 2 rings (SSSR count). The van der Waals surface area contributed by atoms with Gasteiger partial charge >= 0.3 is 0 Å². The number of nitrogens with zero attached hydrogens (tertiary/aromatic N) is 1. The Bertz CT molecular complexity index is 463. The molecule has 0 aliphatic carbocycles. The Morgan fingerprint density at radius 1 is 1.32 bits per heavy atom. The van der Waals surface area contributed by atoms with Crippen molar-refractivity contribution in [3.05, 3.63) is 23.7 Å². The molecule has 0 spiro atoms. The maximum Gasteiger partial charge on any atom is 0.217 e. The summed E-state index contributed by atoms with van der Waals surface area (Å²) in [6.07, 6.45) is 5.89. The van der Waals surface area contributed by atoms with Gasteiger partial charge in [-0.3, -0.25) is 9.69 Å². The fraction of sp³-hybridized carbons (Fsp3) is 0.706. The van der Waals surface area contributed by atoms with Crippen LogP contribution in [-0.2, 0) is 14.3 Å². The minimum atomic E-state index is -0.0706. The molecule has 22 heavy (non-hydrogen) atoms. The van der Waals surface area contributed by atoms with Crippen molar-refractivity contribution in [1.29, 1.82) is 0 Å². The third-order valence-corrected chi connectivity index (χ3v) is 4.38. The number of allylic oxidation sites excluding steroid dienone is 2. The Balaban J connectivity index is 1.83. The maximum absolute atomic E-state index is 11.3. The van der Waals surface area contributed by atoms with E-state index < -0.39 is 0 Å². The van der Waals surface area contributed by atoms with E-state index in [9.17, 15) is 4.79 Å². The van der Waals surface area contributed by atoms with E-state index in [1.54, 1.807) is 6.92 Å². The average molecular weight is 308 g/mol. The van der Waals surface area contributed by atoms with Gasteiger partial charge in [-0.25, -0.2) is 0 Å². The zero-order valence-corrected chi connectivity index (χ0v) is 14.1. The van der Waals surface area contributed by atoms with Gasteiger partial charge in [-0.15, -0.1) is 0 Å². The predicted octanol–water partition coefficient (Wildman–Crippen LogP) is 2.20. The minimum absolute atomic E-state index is 0.0524. The van der Waals surface area contributed by atoms with Crippen molar-refractivity contribution in [3.8, 4) is 0 Å². The molecule has 0 unspecified atom stereocenters. The summed E-state index contributed by atoms with van der Waals surface area (Å²) in [5, 5.41) is 3.07. The lowest BCUT2D eigenvalue weighted by molar-refractivity contribution is -0.121. The molecule has 2 aliphatic rings. The van der Waals surface area contributed by atoms with Gasteiger partial charge < -0.3 is 14.8 Å². The molecule has 1 amide bonds. The summed E-state index contributed by atoms with van der Waals surface area (Å²) < 4.78 is 11.8. The van der Waals surface area contributed by atoms with Crippen LogP contribution in [0, 0.1) is 0 Å². The van der Waals surface area contributed by atoms with Crippen LogP contribution in [0.1, 0.15) is 40.5 Å². The fourth-order valence-corrected chi connectivity index (χ4v) is 3.12. The average Bonchev–Trinajstić information content (AvgIpc) is 2.48. The van der Waals surface area contributed by atoms with Crippen molar-refractivity contribution < 1.29 is 14.3 Å². The molecule has 0 aromatic heterocycles. The number of hydrogen-bond acceptors (Lipinski definition) is 4. The van der Waals surface area contributed by atoms with Gasteiger partial charge in [-0.2, -0.15) is 0 Å². The number of piperidine rings is 1. The fourth-order valence-electron chi connectivity index (χ4n) is 3.12. The number of ether oxygens (including phenoxy) is 2. The van der Waals surface area contributed by atoms with Gasteiger partial charge in [-0.1, -0.05) is 0 Å². The summed E-state index contributed by atoms with van der Waals surface area (Å²) in [7, 11) is 0. The lowest BCUT2D eigenvalue weighted by atomic mass is 9.89. The Hall–Kier alpha value is -1.49. The van der Waals surface area contributed by atoms with Gasteiger partial charge in [-0.05, 0) is 45.8 Å². The molecule has 0 aromatic rings. The minimum Gasteiger partial charge on any atom is -0.486 e. The van der Waals surface area contributed by atoms with E-state index in [2.05, 4.69) is 17.1 Å². The Labute approximate surface area is 133 Å². The summed E-state index contributed by atoms with van der Waals surface area (Å²) in [6, 6.07) is 0. The third-order valence-electron chi connectivity index (χ3n) is 4.38. The molecule has 2 fully saturated rings. The van der Waals surface area contributed by atoms with Crippen molar-refractivity contribution in [1.82, 2.24) is 10.2 Å². The molecule has 2 aliphatic heterocycles. The molecule has 0 saturated carbocycles. The summed E-state index contributed by atoms with van der Waals surface area (Å²) >= 11 is 0. The molecule has 5 nitrogen and oxygen atoms in total. The summed E-state index contributed by atoms with van der Waals surface area (Å²) in [4.78, 5) is 13.7. The molecule has 124 valence electrons. The standard InChI is InChI=1S/C17H28N2O3/c1-5-15-16(6-2)22-14(12-21-15)11-19-9-7-17(4,8-10-19)18-13(3)20/h5-6,14H,7-12H2,1-4H3,(H,18,20)/b15-5+,16-6+/t14-/m0/s1. The highest BCUT2D eigenvalue weighted by Crippen LogP contribution is 2.25. The van der Waals surface area contributed by atoms with Crippen LogP contribution in [0.4, 0.5) is 0 Å². The van der Waals surface area contributed by atoms with Gasteiger partial charge in [0, 0.05) is 32.1 Å². The van der Waals surface area contributed by atoms with Crippen LogP contribution in [0.3, 0.4) is 0 Å². The molecule has 0 bridgehead atoms. The first-order valence-corrected chi connectivity index (χ1v) is 8.09. The topological polar surface area (TPSA) is 50.8 Å². The monoisotopic (exact) mass is 308 g/mol. The van der Waals surface area contributed by atoms with Crippen LogP contribution in [0.15, 0.2) is 23.7 Å². The second-order valence-corrected chi connectivity index (χ2v) is 6.40. The zero-order chi connectivity index (χ0) is 16.2. The normalized spacial score (nSPS) is 29.0. The second-order valence-electron chi connectivity index (χ2n) is 6.40. The number of likely N-dealkylation sites (tertiary alicyclic amines) is 1. The van der Waals surface area contributed by atoms with E-state index in [1.165, 1.54) is 0 Å². The number of hydrogen-bond donors (Lipinski definition) is 1. The molecule has 5 heteroatoms. The van der Waals surface area contributed by atoms with Crippen LogP contribution in [0.2, 0.25) is 0 Å². The molecule has 2 saturated heterocycles. The van der Waals surface area contributed by atoms with Gasteiger partial charge in [0.2, 0.25) is 5.91 Å². The first-order valence-electron chi connectivity index (χ1n) is 8.09. The lowest BCUT2D eigenvalue weighted by Gasteiger charge is -2.41. The summed E-state index contributed by atoms with van der Waals surface area (Å²) in [6.45, 7) is 11.0. The largest absolute Gasteiger partial charge is 0.486 e. The van der Waals surface area contributed by atoms with Crippen molar-refractivity contribution in [2.45, 2.75) is 52.2 Å². The molecule has 0 radical (unpaired) electrons. The number of rotatable bonds is 3. The van der Waals surface area contributed by atoms with E-state index in [0.717, 1.165) is 44.0 Å².